The number of nitrogens with zero attached hydrogens (tertiary/aromatic N) is 1. The third kappa shape index (κ3) is 3.72. The number of ether oxygens (including phenoxy) is 1. The summed E-state index contributed by atoms with van der Waals surface area (Å²) in [4.78, 5) is 13.2. The molecule has 1 saturated heterocycles. The molecule has 0 atom stereocenters. The van der Waals surface area contributed by atoms with E-state index in [0.29, 0.717) is 5.75 Å². The molecule has 1 aromatic rings. The van der Waals surface area contributed by atoms with Crippen molar-refractivity contribution in [1.29, 1.82) is 0 Å². The molecular weight excluding hydrogens is 271 g/mol. The van der Waals surface area contributed by atoms with E-state index < -0.39 is 12.0 Å². The minimum atomic E-state index is -4.84. The summed E-state index contributed by atoms with van der Waals surface area (Å²) >= 11 is 0. The van der Waals surface area contributed by atoms with Crippen LogP contribution in [0.5, 0.6) is 5.75 Å². The van der Waals surface area contributed by atoms with E-state index in [2.05, 4.69) is 4.90 Å². The summed E-state index contributed by atoms with van der Waals surface area (Å²) < 4.78 is 42.5. The molecule has 0 saturated carbocycles. The van der Waals surface area contributed by atoms with Crippen molar-refractivity contribution in [3.63, 3.8) is 0 Å². The van der Waals surface area contributed by atoms with Crippen molar-refractivity contribution < 1.29 is 22.7 Å². The van der Waals surface area contributed by atoms with E-state index >= 15 is 0 Å². The van der Waals surface area contributed by atoms with Gasteiger partial charge in [-0.2, -0.15) is 13.2 Å². The molecule has 6 heteroatoms. The van der Waals surface area contributed by atoms with Crippen LogP contribution in [0.3, 0.4) is 0 Å². The van der Waals surface area contributed by atoms with E-state index in [4.69, 9.17) is 4.74 Å². The first-order valence-electron chi connectivity index (χ1n) is 6.43. The standard InChI is InChI=1S/C14H16F3NO2/c1-18-8-6-12(7-9-18)20-11-4-2-10(3-5-11)13(19)14(15,16)17/h2-5,12H,6-9H2,1H3. The van der Waals surface area contributed by atoms with Crippen LogP contribution in [0.1, 0.15) is 23.2 Å². The van der Waals surface area contributed by atoms with Gasteiger partial charge in [-0.3, -0.25) is 4.79 Å². The number of alkyl halides is 3. The fraction of sp³-hybridized carbons (Fsp3) is 0.500. The zero-order valence-corrected chi connectivity index (χ0v) is 11.1. The first kappa shape index (κ1) is 14.8. The van der Waals surface area contributed by atoms with Gasteiger partial charge in [0.25, 0.3) is 5.78 Å². The van der Waals surface area contributed by atoms with Gasteiger partial charge in [0.15, 0.2) is 0 Å². The van der Waals surface area contributed by atoms with E-state index in [9.17, 15) is 18.0 Å². The Morgan fingerprint density at radius 1 is 1.20 bits per heavy atom. The van der Waals surface area contributed by atoms with Crippen LogP contribution < -0.4 is 4.74 Å². The highest BCUT2D eigenvalue weighted by atomic mass is 19.4. The van der Waals surface area contributed by atoms with Crippen molar-refractivity contribution in [3.8, 4) is 5.75 Å². The van der Waals surface area contributed by atoms with Crippen molar-refractivity contribution in [2.45, 2.75) is 25.1 Å². The van der Waals surface area contributed by atoms with Crippen LogP contribution >= 0.6 is 0 Å². The molecule has 110 valence electrons. The van der Waals surface area contributed by atoms with Crippen molar-refractivity contribution in [1.82, 2.24) is 4.90 Å². The lowest BCUT2D eigenvalue weighted by molar-refractivity contribution is -0.0885. The summed E-state index contributed by atoms with van der Waals surface area (Å²) in [5.41, 5.74) is -0.367. The Morgan fingerprint density at radius 3 is 2.25 bits per heavy atom. The number of carbonyl (C=O) groups excluding carboxylic acids is 1. The second kappa shape index (κ2) is 5.83. The number of carbonyl (C=O) groups is 1. The summed E-state index contributed by atoms with van der Waals surface area (Å²) in [6.45, 7) is 1.88. The number of benzene rings is 1. The smallest absolute Gasteiger partial charge is 0.454 e. The van der Waals surface area contributed by atoms with Gasteiger partial charge in [0.05, 0.1) is 0 Å². The van der Waals surface area contributed by atoms with Gasteiger partial charge < -0.3 is 9.64 Å². The summed E-state index contributed by atoms with van der Waals surface area (Å²) in [5.74, 6) is -1.33. The predicted molar refractivity (Wildman–Crippen MR) is 68.0 cm³/mol. The molecular formula is C14H16F3NO2. The molecule has 0 aliphatic carbocycles. The zero-order valence-electron chi connectivity index (χ0n) is 11.1. The minimum Gasteiger partial charge on any atom is -0.490 e. The lowest BCUT2D eigenvalue weighted by Gasteiger charge is -2.29. The summed E-state index contributed by atoms with van der Waals surface area (Å²) in [6.07, 6.45) is -2.98. The van der Waals surface area contributed by atoms with Gasteiger partial charge in [0, 0.05) is 18.7 Å². The van der Waals surface area contributed by atoms with Crippen LogP contribution in [0.2, 0.25) is 0 Å². The quantitative estimate of drug-likeness (QED) is 0.801. The van der Waals surface area contributed by atoms with Gasteiger partial charge >= 0.3 is 6.18 Å². The molecule has 1 aliphatic rings. The van der Waals surface area contributed by atoms with Gasteiger partial charge in [0.1, 0.15) is 11.9 Å². The zero-order chi connectivity index (χ0) is 14.8. The van der Waals surface area contributed by atoms with E-state index in [1.165, 1.54) is 12.1 Å². The molecule has 0 bridgehead atoms. The van der Waals surface area contributed by atoms with Crippen LogP contribution in [0, 0.1) is 0 Å². The minimum absolute atomic E-state index is 0.0790. The second-order valence-corrected chi connectivity index (χ2v) is 4.97. The SMILES string of the molecule is CN1CCC(Oc2ccc(C(=O)C(F)(F)F)cc2)CC1. The average Bonchev–Trinajstić information content (AvgIpc) is 2.40. The van der Waals surface area contributed by atoms with Crippen molar-refractivity contribution in [2.75, 3.05) is 20.1 Å². The molecule has 20 heavy (non-hydrogen) atoms. The van der Waals surface area contributed by atoms with E-state index in [1.54, 1.807) is 0 Å². The maximum atomic E-state index is 12.3. The summed E-state index contributed by atoms with van der Waals surface area (Å²) in [6, 6.07) is 5.13. The number of hydrogen-bond donors (Lipinski definition) is 0. The van der Waals surface area contributed by atoms with E-state index in [1.807, 2.05) is 7.05 Å². The fourth-order valence-corrected chi connectivity index (χ4v) is 2.14. The molecule has 0 N–H and O–H groups in total. The Labute approximate surface area is 115 Å². The molecule has 0 unspecified atom stereocenters. The van der Waals surface area contributed by atoms with Gasteiger partial charge in [-0.1, -0.05) is 0 Å². The number of ketones is 1. The largest absolute Gasteiger partial charge is 0.490 e. The van der Waals surface area contributed by atoms with E-state index in [0.717, 1.165) is 38.1 Å². The Balaban J connectivity index is 1.97. The highest BCUT2D eigenvalue weighted by Gasteiger charge is 2.39. The lowest BCUT2D eigenvalue weighted by atomic mass is 10.1. The number of piperidine rings is 1. The van der Waals surface area contributed by atoms with Gasteiger partial charge in [-0.05, 0) is 44.2 Å². The summed E-state index contributed by atoms with van der Waals surface area (Å²) in [5, 5.41) is 0. The molecule has 0 amide bonds. The maximum absolute atomic E-state index is 12.3. The van der Waals surface area contributed by atoms with Crippen LogP contribution in [0.4, 0.5) is 13.2 Å². The molecule has 3 nitrogen and oxygen atoms in total. The number of likely N-dealkylation sites (tertiary alicyclic amines) is 1. The van der Waals surface area contributed by atoms with Crippen LogP contribution in [0.15, 0.2) is 24.3 Å². The molecule has 0 aromatic heterocycles. The Kier molecular flexibility index (Phi) is 4.32. The van der Waals surface area contributed by atoms with Crippen molar-refractivity contribution >= 4 is 5.78 Å². The Hall–Kier alpha value is -1.56. The second-order valence-electron chi connectivity index (χ2n) is 4.97. The monoisotopic (exact) mass is 287 g/mol. The van der Waals surface area contributed by atoms with Gasteiger partial charge in [-0.25, -0.2) is 0 Å². The average molecular weight is 287 g/mol. The number of halogens is 3. The Morgan fingerprint density at radius 2 is 1.75 bits per heavy atom. The Bertz CT molecular complexity index is 462. The van der Waals surface area contributed by atoms with E-state index in [-0.39, 0.29) is 11.7 Å². The maximum Gasteiger partial charge on any atom is 0.454 e. The van der Waals surface area contributed by atoms with Crippen molar-refractivity contribution in [3.05, 3.63) is 29.8 Å². The van der Waals surface area contributed by atoms with Gasteiger partial charge in [-0.15, -0.1) is 0 Å². The highest BCUT2D eigenvalue weighted by molar-refractivity contribution is 6.00. The molecule has 0 radical (unpaired) electrons. The lowest BCUT2D eigenvalue weighted by Crippen LogP contribution is -2.35. The number of Topliss-reactive ketones (excluding diaryl/α,β-unsaturated/α-hetero) is 1. The molecule has 1 aliphatic heterocycles. The third-order valence-electron chi connectivity index (χ3n) is 3.34. The summed E-state index contributed by atoms with van der Waals surface area (Å²) in [7, 11) is 2.04. The first-order chi connectivity index (χ1) is 9.36. The van der Waals surface area contributed by atoms with Crippen LogP contribution in [-0.4, -0.2) is 43.1 Å². The molecule has 2 rings (SSSR count). The van der Waals surface area contributed by atoms with Crippen LogP contribution in [-0.2, 0) is 0 Å². The predicted octanol–water partition coefficient (Wildman–Crippen LogP) is 2.90. The third-order valence-corrected chi connectivity index (χ3v) is 3.34. The number of hydrogen-bond acceptors (Lipinski definition) is 3. The number of rotatable bonds is 3. The van der Waals surface area contributed by atoms with Crippen LogP contribution in [0.25, 0.3) is 0 Å². The molecule has 0 spiro atoms. The normalized spacial score (nSPS) is 18.0. The molecule has 1 aromatic carbocycles. The fourth-order valence-electron chi connectivity index (χ4n) is 2.14. The van der Waals surface area contributed by atoms with Crippen molar-refractivity contribution in [2.24, 2.45) is 0 Å². The highest BCUT2D eigenvalue weighted by Crippen LogP contribution is 2.24. The molecule has 1 fully saturated rings. The molecule has 1 heterocycles. The van der Waals surface area contributed by atoms with Gasteiger partial charge in [0.2, 0.25) is 0 Å². The topological polar surface area (TPSA) is 29.5 Å². The first-order valence-corrected chi connectivity index (χ1v) is 6.43.